The minimum atomic E-state index is -0.438. The minimum Gasteiger partial charge on any atom is -0.388 e. The van der Waals surface area contributed by atoms with Crippen LogP contribution in [0.3, 0.4) is 0 Å². The van der Waals surface area contributed by atoms with Crippen molar-refractivity contribution in [3.05, 3.63) is 71.8 Å². The van der Waals surface area contributed by atoms with Crippen molar-refractivity contribution in [2.24, 2.45) is 11.8 Å². The standard InChI is InChI=1S/C23H29NO/c1-17(23(25)20-11-6-3-7-12-20)22(19-9-4-2-5-10-19)24-16-15-18-13-8-14-21(18)24/h2-7,9-12,17-18,21-23,25H,8,13-16H2,1H3/t17-,18-,21-,22+,23-/m1/s1. The van der Waals surface area contributed by atoms with E-state index in [0.29, 0.717) is 6.04 Å². The maximum Gasteiger partial charge on any atom is 0.0833 e. The highest BCUT2D eigenvalue weighted by molar-refractivity contribution is 5.24. The summed E-state index contributed by atoms with van der Waals surface area (Å²) in [7, 11) is 0. The number of nitrogens with zero attached hydrogens (tertiary/aromatic N) is 1. The lowest BCUT2D eigenvalue weighted by atomic mass is 9.85. The van der Waals surface area contributed by atoms with Gasteiger partial charge in [-0.1, -0.05) is 74.0 Å². The van der Waals surface area contributed by atoms with Crippen LogP contribution >= 0.6 is 0 Å². The third-order valence-electron chi connectivity index (χ3n) is 6.44. The lowest BCUT2D eigenvalue weighted by Gasteiger charge is -2.39. The van der Waals surface area contributed by atoms with E-state index in [4.69, 9.17) is 0 Å². The first-order valence-electron chi connectivity index (χ1n) is 9.79. The lowest BCUT2D eigenvalue weighted by molar-refractivity contribution is 0.0355. The minimum absolute atomic E-state index is 0.157. The first-order valence-corrected chi connectivity index (χ1v) is 9.79. The molecule has 1 N–H and O–H groups in total. The van der Waals surface area contributed by atoms with Crippen LogP contribution in [-0.2, 0) is 0 Å². The number of hydrogen-bond acceptors (Lipinski definition) is 2. The van der Waals surface area contributed by atoms with E-state index in [9.17, 15) is 5.11 Å². The van der Waals surface area contributed by atoms with Crippen molar-refractivity contribution in [3.8, 4) is 0 Å². The van der Waals surface area contributed by atoms with Crippen molar-refractivity contribution in [2.75, 3.05) is 6.54 Å². The van der Waals surface area contributed by atoms with Crippen LogP contribution in [0, 0.1) is 11.8 Å². The van der Waals surface area contributed by atoms with Crippen LogP contribution in [0.5, 0.6) is 0 Å². The monoisotopic (exact) mass is 335 g/mol. The molecule has 0 unspecified atom stereocenters. The molecule has 1 heterocycles. The van der Waals surface area contributed by atoms with Crippen LogP contribution < -0.4 is 0 Å². The van der Waals surface area contributed by atoms with Gasteiger partial charge < -0.3 is 5.11 Å². The number of aliphatic hydroxyl groups excluding tert-OH is 1. The number of hydrogen-bond donors (Lipinski definition) is 1. The predicted molar refractivity (Wildman–Crippen MR) is 102 cm³/mol. The molecule has 0 spiro atoms. The van der Waals surface area contributed by atoms with E-state index in [1.165, 1.54) is 37.8 Å². The Morgan fingerprint density at radius 1 is 0.880 bits per heavy atom. The summed E-state index contributed by atoms with van der Waals surface area (Å²) in [6.45, 7) is 3.39. The van der Waals surface area contributed by atoms with Gasteiger partial charge in [0.25, 0.3) is 0 Å². The van der Waals surface area contributed by atoms with Gasteiger partial charge in [-0.05, 0) is 42.9 Å². The maximum absolute atomic E-state index is 11.1. The molecule has 0 amide bonds. The van der Waals surface area contributed by atoms with Gasteiger partial charge in [-0.3, -0.25) is 4.90 Å². The Morgan fingerprint density at radius 2 is 1.52 bits per heavy atom. The Morgan fingerprint density at radius 3 is 2.20 bits per heavy atom. The largest absolute Gasteiger partial charge is 0.388 e. The van der Waals surface area contributed by atoms with Gasteiger partial charge in [0.15, 0.2) is 0 Å². The molecule has 4 rings (SSSR count). The fraction of sp³-hybridized carbons (Fsp3) is 0.478. The summed E-state index contributed by atoms with van der Waals surface area (Å²) < 4.78 is 0. The first kappa shape index (κ1) is 16.8. The molecule has 25 heavy (non-hydrogen) atoms. The number of aliphatic hydroxyl groups is 1. The normalized spacial score (nSPS) is 27.0. The first-order chi connectivity index (χ1) is 12.3. The van der Waals surface area contributed by atoms with Crippen molar-refractivity contribution in [1.29, 1.82) is 0 Å². The molecule has 0 bridgehead atoms. The highest BCUT2D eigenvalue weighted by Crippen LogP contribution is 2.46. The number of likely N-dealkylation sites (tertiary alicyclic amines) is 1. The van der Waals surface area contributed by atoms with Crippen LogP contribution in [0.4, 0.5) is 0 Å². The van der Waals surface area contributed by atoms with Crippen molar-refractivity contribution in [2.45, 2.75) is 50.8 Å². The van der Waals surface area contributed by atoms with E-state index in [1.54, 1.807) is 0 Å². The average molecular weight is 335 g/mol. The molecule has 1 saturated heterocycles. The van der Waals surface area contributed by atoms with Crippen LogP contribution in [0.2, 0.25) is 0 Å². The van der Waals surface area contributed by atoms with Gasteiger partial charge in [-0.2, -0.15) is 0 Å². The molecule has 1 aliphatic heterocycles. The Hall–Kier alpha value is -1.64. The van der Waals surface area contributed by atoms with Gasteiger partial charge in [-0.25, -0.2) is 0 Å². The molecule has 1 aliphatic carbocycles. The van der Waals surface area contributed by atoms with Crippen molar-refractivity contribution >= 4 is 0 Å². The van der Waals surface area contributed by atoms with Crippen LogP contribution in [0.1, 0.15) is 55.9 Å². The van der Waals surface area contributed by atoms with Gasteiger partial charge >= 0.3 is 0 Å². The lowest BCUT2D eigenvalue weighted by Crippen LogP contribution is -2.39. The molecule has 2 fully saturated rings. The molecular weight excluding hydrogens is 306 g/mol. The van der Waals surface area contributed by atoms with E-state index in [-0.39, 0.29) is 12.0 Å². The third-order valence-corrected chi connectivity index (χ3v) is 6.44. The van der Waals surface area contributed by atoms with E-state index in [2.05, 4.69) is 42.2 Å². The summed E-state index contributed by atoms with van der Waals surface area (Å²) in [4.78, 5) is 2.71. The van der Waals surface area contributed by atoms with Crippen LogP contribution in [0.25, 0.3) is 0 Å². The second kappa shape index (κ2) is 7.31. The molecule has 0 aromatic heterocycles. The second-order valence-corrected chi connectivity index (χ2v) is 7.85. The van der Waals surface area contributed by atoms with Crippen LogP contribution in [0.15, 0.2) is 60.7 Å². The summed E-state index contributed by atoms with van der Waals surface area (Å²) in [6, 6.07) is 22.0. The molecule has 2 nitrogen and oxygen atoms in total. The zero-order chi connectivity index (χ0) is 17.2. The molecule has 2 aliphatic rings. The van der Waals surface area contributed by atoms with E-state index >= 15 is 0 Å². The Kier molecular flexibility index (Phi) is 4.91. The highest BCUT2D eigenvalue weighted by Gasteiger charge is 2.43. The van der Waals surface area contributed by atoms with E-state index in [0.717, 1.165) is 11.5 Å². The molecule has 5 atom stereocenters. The Balaban J connectivity index is 1.66. The second-order valence-electron chi connectivity index (χ2n) is 7.85. The molecule has 0 radical (unpaired) electrons. The summed E-state index contributed by atoms with van der Waals surface area (Å²) in [6.07, 6.45) is 4.96. The highest BCUT2D eigenvalue weighted by atomic mass is 16.3. The van der Waals surface area contributed by atoms with Gasteiger partial charge in [0, 0.05) is 18.0 Å². The van der Waals surface area contributed by atoms with Crippen molar-refractivity contribution in [3.63, 3.8) is 0 Å². The predicted octanol–water partition coefficient (Wildman–Crippen LogP) is 4.97. The summed E-state index contributed by atoms with van der Waals surface area (Å²) in [5.41, 5.74) is 2.37. The van der Waals surface area contributed by atoms with Gasteiger partial charge in [0.05, 0.1) is 6.10 Å². The number of fused-ring (bicyclic) bond motifs is 1. The molecule has 2 heteroatoms. The topological polar surface area (TPSA) is 23.5 Å². The smallest absolute Gasteiger partial charge is 0.0833 e. The molecule has 1 saturated carbocycles. The van der Waals surface area contributed by atoms with E-state index in [1.807, 2.05) is 30.3 Å². The molecule has 132 valence electrons. The SMILES string of the molecule is C[C@H]([C@@H](c1ccccc1)N1CC[C@H]2CCC[C@H]21)[C@@H](O)c1ccccc1. The molecular formula is C23H29NO. The number of rotatable bonds is 5. The fourth-order valence-corrected chi connectivity index (χ4v) is 5.19. The summed E-state index contributed by atoms with van der Waals surface area (Å²) in [5.74, 6) is 1.02. The quantitative estimate of drug-likeness (QED) is 0.834. The summed E-state index contributed by atoms with van der Waals surface area (Å²) >= 11 is 0. The molecule has 2 aromatic rings. The zero-order valence-electron chi connectivity index (χ0n) is 15.1. The zero-order valence-corrected chi connectivity index (χ0v) is 15.1. The van der Waals surface area contributed by atoms with Crippen molar-refractivity contribution < 1.29 is 5.11 Å². The van der Waals surface area contributed by atoms with Crippen LogP contribution in [-0.4, -0.2) is 22.6 Å². The summed E-state index contributed by atoms with van der Waals surface area (Å²) in [5, 5.41) is 11.1. The van der Waals surface area contributed by atoms with Crippen molar-refractivity contribution in [1.82, 2.24) is 4.90 Å². The van der Waals surface area contributed by atoms with Gasteiger partial charge in [0.1, 0.15) is 0 Å². The maximum atomic E-state index is 11.1. The Bertz CT molecular complexity index is 671. The molecule has 2 aromatic carbocycles. The van der Waals surface area contributed by atoms with Gasteiger partial charge in [0.2, 0.25) is 0 Å². The third kappa shape index (κ3) is 3.26. The van der Waals surface area contributed by atoms with Gasteiger partial charge in [-0.15, -0.1) is 0 Å². The average Bonchev–Trinajstić information content (AvgIpc) is 3.28. The fourth-order valence-electron chi connectivity index (χ4n) is 5.19. The van der Waals surface area contributed by atoms with E-state index < -0.39 is 6.10 Å². The Labute approximate surface area is 151 Å². The number of benzene rings is 2.